The van der Waals surface area contributed by atoms with E-state index in [1.54, 1.807) is 18.2 Å². The molecule has 0 amide bonds. The summed E-state index contributed by atoms with van der Waals surface area (Å²) in [7, 11) is 1.41. The molecule has 0 heterocycles. The Kier molecular flexibility index (Phi) is 4.09. The normalized spacial score (nSPS) is 14.7. The maximum Gasteiger partial charge on any atom is 0.170 e. The van der Waals surface area contributed by atoms with Gasteiger partial charge in [-0.05, 0) is 12.0 Å². The molecule has 84 valence electrons. The van der Waals surface area contributed by atoms with Gasteiger partial charge >= 0.3 is 0 Å². The Bertz CT molecular complexity index is 325. The second-order valence-corrected chi connectivity index (χ2v) is 3.69. The lowest BCUT2D eigenvalue weighted by Gasteiger charge is -2.18. The van der Waals surface area contributed by atoms with Crippen molar-refractivity contribution >= 4 is 0 Å². The molecule has 0 fully saturated rings. The molecule has 1 aromatic rings. The van der Waals surface area contributed by atoms with Crippen LogP contribution < -0.4 is 4.74 Å². The molecule has 0 saturated heterocycles. The van der Waals surface area contributed by atoms with E-state index in [0.717, 1.165) is 6.42 Å². The quantitative estimate of drug-likeness (QED) is 0.831. The first-order valence-electron chi connectivity index (χ1n) is 5.12. The summed E-state index contributed by atoms with van der Waals surface area (Å²) in [5, 5.41) is 9.89. The van der Waals surface area contributed by atoms with E-state index in [-0.39, 0.29) is 11.7 Å². The molecule has 3 heteroatoms. The van der Waals surface area contributed by atoms with Crippen LogP contribution in [0.1, 0.15) is 31.9 Å². The second kappa shape index (κ2) is 5.12. The minimum atomic E-state index is -0.773. The van der Waals surface area contributed by atoms with Gasteiger partial charge < -0.3 is 9.84 Å². The number of aliphatic hydroxyl groups excluding tert-OH is 1. The van der Waals surface area contributed by atoms with Crippen molar-refractivity contribution in [2.75, 3.05) is 7.11 Å². The van der Waals surface area contributed by atoms with E-state index in [1.807, 2.05) is 13.8 Å². The highest BCUT2D eigenvalue weighted by Crippen LogP contribution is 2.30. The molecule has 0 aliphatic heterocycles. The number of rotatable bonds is 4. The minimum absolute atomic E-state index is 0.0339. The summed E-state index contributed by atoms with van der Waals surface area (Å²) in [6.45, 7) is 3.86. The van der Waals surface area contributed by atoms with E-state index >= 15 is 0 Å². The molecular weight excluding hydrogens is 195 g/mol. The molecular formula is C12H17FO2. The molecule has 0 saturated carbocycles. The highest BCUT2D eigenvalue weighted by molar-refractivity contribution is 5.32. The third-order valence-electron chi connectivity index (χ3n) is 2.71. The van der Waals surface area contributed by atoms with Gasteiger partial charge in [-0.25, -0.2) is 4.39 Å². The van der Waals surface area contributed by atoms with Crippen LogP contribution in [0, 0.1) is 11.7 Å². The summed E-state index contributed by atoms with van der Waals surface area (Å²) in [6, 6.07) is 4.82. The lowest BCUT2D eigenvalue weighted by atomic mass is 9.95. The number of benzene rings is 1. The van der Waals surface area contributed by atoms with Crippen molar-refractivity contribution in [2.24, 2.45) is 5.92 Å². The molecule has 0 aliphatic carbocycles. The van der Waals surface area contributed by atoms with Gasteiger partial charge in [0.15, 0.2) is 11.6 Å². The summed E-state index contributed by atoms with van der Waals surface area (Å²) in [4.78, 5) is 0. The Balaban J connectivity index is 3.03. The average molecular weight is 212 g/mol. The Morgan fingerprint density at radius 3 is 2.67 bits per heavy atom. The van der Waals surface area contributed by atoms with Gasteiger partial charge in [-0.2, -0.15) is 0 Å². The van der Waals surface area contributed by atoms with Crippen LogP contribution in [-0.2, 0) is 0 Å². The van der Waals surface area contributed by atoms with Gasteiger partial charge in [0.2, 0.25) is 0 Å². The highest BCUT2D eigenvalue weighted by atomic mass is 19.1. The molecule has 1 rings (SSSR count). The summed E-state index contributed by atoms with van der Waals surface area (Å²) < 4.78 is 18.6. The number of methoxy groups -OCH3 is 1. The van der Waals surface area contributed by atoms with Crippen LogP contribution in [0.4, 0.5) is 4.39 Å². The Morgan fingerprint density at radius 1 is 1.47 bits per heavy atom. The standard InChI is InChI=1S/C12H17FO2/c1-4-8(2)12(14)9-6-5-7-10(15-3)11(9)13/h5-8,12,14H,4H2,1-3H3. The van der Waals surface area contributed by atoms with Gasteiger partial charge in [0.25, 0.3) is 0 Å². The molecule has 0 radical (unpaired) electrons. The number of hydrogen-bond acceptors (Lipinski definition) is 2. The van der Waals surface area contributed by atoms with Crippen molar-refractivity contribution in [2.45, 2.75) is 26.4 Å². The molecule has 2 nitrogen and oxygen atoms in total. The predicted molar refractivity (Wildman–Crippen MR) is 57.4 cm³/mol. The summed E-state index contributed by atoms with van der Waals surface area (Å²) in [6.07, 6.45) is 0.0303. The molecule has 0 aliphatic rings. The minimum Gasteiger partial charge on any atom is -0.494 e. The van der Waals surface area contributed by atoms with Crippen LogP contribution in [0.5, 0.6) is 5.75 Å². The molecule has 2 atom stereocenters. The van der Waals surface area contributed by atoms with Crippen molar-refractivity contribution in [1.29, 1.82) is 0 Å². The molecule has 0 spiro atoms. The Morgan fingerprint density at radius 2 is 2.13 bits per heavy atom. The van der Waals surface area contributed by atoms with Crippen molar-refractivity contribution in [3.8, 4) is 5.75 Å². The van der Waals surface area contributed by atoms with Crippen LogP contribution >= 0.6 is 0 Å². The molecule has 1 N–H and O–H groups in total. The fraction of sp³-hybridized carbons (Fsp3) is 0.500. The van der Waals surface area contributed by atoms with Crippen LogP contribution in [0.15, 0.2) is 18.2 Å². The zero-order valence-electron chi connectivity index (χ0n) is 9.33. The van der Waals surface area contributed by atoms with E-state index in [1.165, 1.54) is 7.11 Å². The van der Waals surface area contributed by atoms with Gasteiger partial charge in [0.05, 0.1) is 13.2 Å². The number of ether oxygens (including phenoxy) is 1. The Hall–Kier alpha value is -1.09. The fourth-order valence-corrected chi connectivity index (χ4v) is 1.44. The first-order valence-corrected chi connectivity index (χ1v) is 5.12. The number of aliphatic hydroxyl groups is 1. The molecule has 1 aromatic carbocycles. The zero-order chi connectivity index (χ0) is 11.4. The smallest absolute Gasteiger partial charge is 0.170 e. The van der Waals surface area contributed by atoms with Gasteiger partial charge in [-0.1, -0.05) is 32.4 Å². The molecule has 0 aromatic heterocycles. The summed E-state index contributed by atoms with van der Waals surface area (Å²) in [5.41, 5.74) is 0.309. The average Bonchev–Trinajstić information content (AvgIpc) is 2.27. The van der Waals surface area contributed by atoms with Gasteiger partial charge in [0, 0.05) is 5.56 Å². The first kappa shape index (κ1) is 12.0. The third kappa shape index (κ3) is 2.48. The van der Waals surface area contributed by atoms with E-state index in [2.05, 4.69) is 0 Å². The lowest BCUT2D eigenvalue weighted by Crippen LogP contribution is -2.10. The lowest BCUT2D eigenvalue weighted by molar-refractivity contribution is 0.111. The topological polar surface area (TPSA) is 29.5 Å². The number of hydrogen-bond donors (Lipinski definition) is 1. The van der Waals surface area contributed by atoms with Crippen LogP contribution in [0.25, 0.3) is 0 Å². The van der Waals surface area contributed by atoms with E-state index in [0.29, 0.717) is 5.56 Å². The summed E-state index contributed by atoms with van der Waals surface area (Å²) >= 11 is 0. The van der Waals surface area contributed by atoms with Crippen LogP contribution in [0.3, 0.4) is 0 Å². The third-order valence-corrected chi connectivity index (χ3v) is 2.71. The second-order valence-electron chi connectivity index (χ2n) is 3.69. The highest BCUT2D eigenvalue weighted by Gasteiger charge is 2.20. The molecule has 0 bridgehead atoms. The number of halogens is 1. The van der Waals surface area contributed by atoms with Crippen molar-refractivity contribution in [1.82, 2.24) is 0 Å². The van der Waals surface area contributed by atoms with E-state index in [4.69, 9.17) is 4.74 Å². The van der Waals surface area contributed by atoms with Gasteiger partial charge in [-0.15, -0.1) is 0 Å². The van der Waals surface area contributed by atoms with Crippen molar-refractivity contribution in [3.05, 3.63) is 29.6 Å². The maximum atomic E-state index is 13.7. The maximum absolute atomic E-state index is 13.7. The first-order chi connectivity index (χ1) is 7.11. The largest absolute Gasteiger partial charge is 0.494 e. The van der Waals surface area contributed by atoms with Crippen LogP contribution in [-0.4, -0.2) is 12.2 Å². The predicted octanol–water partition coefficient (Wildman–Crippen LogP) is 2.91. The zero-order valence-corrected chi connectivity index (χ0v) is 9.33. The van der Waals surface area contributed by atoms with Crippen molar-refractivity contribution in [3.63, 3.8) is 0 Å². The van der Waals surface area contributed by atoms with E-state index < -0.39 is 11.9 Å². The van der Waals surface area contributed by atoms with Crippen molar-refractivity contribution < 1.29 is 14.2 Å². The van der Waals surface area contributed by atoms with E-state index in [9.17, 15) is 9.50 Å². The fourth-order valence-electron chi connectivity index (χ4n) is 1.44. The Labute approximate surface area is 89.7 Å². The summed E-state index contributed by atoms with van der Waals surface area (Å²) in [5.74, 6) is -0.255. The molecule has 2 unspecified atom stereocenters. The monoisotopic (exact) mass is 212 g/mol. The molecule has 15 heavy (non-hydrogen) atoms. The van der Waals surface area contributed by atoms with Gasteiger partial charge in [0.1, 0.15) is 0 Å². The van der Waals surface area contributed by atoms with Gasteiger partial charge in [-0.3, -0.25) is 0 Å². The SMILES string of the molecule is CCC(C)C(O)c1cccc(OC)c1F. The van der Waals surface area contributed by atoms with Crippen LogP contribution in [0.2, 0.25) is 0 Å².